The molecule has 0 spiro atoms. The zero-order chi connectivity index (χ0) is 13.4. The molecular weight excluding hydrogens is 234 g/mol. The smallest absolute Gasteiger partial charge is 0.251 e. The van der Waals surface area contributed by atoms with E-state index in [1.54, 1.807) is 19.1 Å². The minimum absolute atomic E-state index is 0.00893. The zero-order valence-corrected chi connectivity index (χ0v) is 10.5. The van der Waals surface area contributed by atoms with E-state index in [9.17, 15) is 9.90 Å². The highest BCUT2D eigenvalue weighted by Crippen LogP contribution is 2.17. The molecule has 1 amide bonds. The first-order valence-corrected chi connectivity index (χ1v) is 5.91. The fourth-order valence-electron chi connectivity index (χ4n) is 1.40. The van der Waals surface area contributed by atoms with Crippen LogP contribution in [0.15, 0.2) is 18.2 Å². The number of aromatic hydroxyl groups is 1. The second-order valence-corrected chi connectivity index (χ2v) is 3.95. The number of benzene rings is 1. The minimum Gasteiger partial charge on any atom is -0.508 e. The topological polar surface area (TPSA) is 78.8 Å². The predicted molar refractivity (Wildman–Crippen MR) is 67.7 cm³/mol. The van der Waals surface area contributed by atoms with Crippen LogP contribution in [0, 0.1) is 6.92 Å². The lowest BCUT2D eigenvalue weighted by atomic mass is 10.1. The van der Waals surface area contributed by atoms with Crippen LogP contribution in [0.2, 0.25) is 0 Å². The standard InChI is InChI=1S/C13H19NO4/c1-10-3-4-11(9-12(10)16)13(17)14-5-2-7-18-8-6-15/h3-4,9,15-16H,2,5-8H2,1H3,(H,14,17). The number of hydrogen-bond donors (Lipinski definition) is 3. The van der Waals surface area contributed by atoms with Crippen LogP contribution in [0.4, 0.5) is 0 Å². The fraction of sp³-hybridized carbons (Fsp3) is 0.462. The van der Waals surface area contributed by atoms with Gasteiger partial charge < -0.3 is 20.3 Å². The number of ether oxygens (including phenoxy) is 1. The van der Waals surface area contributed by atoms with Crippen LogP contribution in [0.1, 0.15) is 22.3 Å². The summed E-state index contributed by atoms with van der Waals surface area (Å²) in [5.74, 6) is -0.0959. The molecule has 100 valence electrons. The molecule has 0 aliphatic carbocycles. The van der Waals surface area contributed by atoms with E-state index in [-0.39, 0.29) is 18.3 Å². The zero-order valence-electron chi connectivity index (χ0n) is 10.5. The van der Waals surface area contributed by atoms with Crippen LogP contribution < -0.4 is 5.32 Å². The molecule has 5 nitrogen and oxygen atoms in total. The van der Waals surface area contributed by atoms with Crippen LogP contribution in [0.25, 0.3) is 0 Å². The first-order chi connectivity index (χ1) is 8.65. The minimum atomic E-state index is -0.215. The van der Waals surface area contributed by atoms with Crippen LogP contribution in [0.5, 0.6) is 5.75 Å². The van der Waals surface area contributed by atoms with Gasteiger partial charge in [0, 0.05) is 18.7 Å². The van der Waals surface area contributed by atoms with Gasteiger partial charge in [-0.3, -0.25) is 4.79 Å². The van der Waals surface area contributed by atoms with Gasteiger partial charge in [-0.15, -0.1) is 0 Å². The van der Waals surface area contributed by atoms with E-state index in [1.807, 2.05) is 0 Å². The maximum absolute atomic E-state index is 11.7. The van der Waals surface area contributed by atoms with Gasteiger partial charge in [0.1, 0.15) is 5.75 Å². The molecule has 0 atom stereocenters. The molecule has 1 aromatic rings. The number of rotatable bonds is 7. The molecule has 0 saturated heterocycles. The number of aliphatic hydroxyl groups excluding tert-OH is 1. The van der Waals surface area contributed by atoms with Gasteiger partial charge in [-0.2, -0.15) is 0 Å². The summed E-state index contributed by atoms with van der Waals surface area (Å²) in [4.78, 5) is 11.7. The number of phenolic OH excluding ortho intramolecular Hbond substituents is 1. The Bertz CT molecular complexity index is 393. The summed E-state index contributed by atoms with van der Waals surface area (Å²) >= 11 is 0. The Labute approximate surface area is 106 Å². The van der Waals surface area contributed by atoms with Gasteiger partial charge in [0.2, 0.25) is 0 Å². The quantitative estimate of drug-likeness (QED) is 0.629. The number of amides is 1. The maximum Gasteiger partial charge on any atom is 0.251 e. The van der Waals surface area contributed by atoms with Crippen molar-refractivity contribution >= 4 is 5.91 Å². The molecule has 0 bridgehead atoms. The van der Waals surface area contributed by atoms with Crippen LogP contribution >= 0.6 is 0 Å². The largest absolute Gasteiger partial charge is 0.508 e. The summed E-state index contributed by atoms with van der Waals surface area (Å²) < 4.78 is 5.06. The van der Waals surface area contributed by atoms with Crippen molar-refractivity contribution in [2.24, 2.45) is 0 Å². The van der Waals surface area contributed by atoms with Crippen molar-refractivity contribution in [3.63, 3.8) is 0 Å². The molecule has 0 aliphatic rings. The number of hydrogen-bond acceptors (Lipinski definition) is 4. The summed E-state index contributed by atoms with van der Waals surface area (Å²) in [5.41, 5.74) is 1.18. The van der Waals surface area contributed by atoms with Crippen molar-refractivity contribution in [2.75, 3.05) is 26.4 Å². The third-order valence-corrected chi connectivity index (χ3v) is 2.46. The number of aliphatic hydroxyl groups is 1. The Morgan fingerprint density at radius 1 is 1.39 bits per heavy atom. The van der Waals surface area contributed by atoms with Gasteiger partial charge in [0.15, 0.2) is 0 Å². The highest BCUT2D eigenvalue weighted by Gasteiger charge is 2.06. The SMILES string of the molecule is Cc1ccc(C(=O)NCCCOCCO)cc1O. The van der Waals surface area contributed by atoms with Crippen molar-refractivity contribution < 1.29 is 19.7 Å². The van der Waals surface area contributed by atoms with E-state index < -0.39 is 0 Å². The van der Waals surface area contributed by atoms with E-state index in [2.05, 4.69) is 5.32 Å². The molecule has 18 heavy (non-hydrogen) atoms. The van der Waals surface area contributed by atoms with Crippen molar-refractivity contribution in [1.29, 1.82) is 0 Å². The fourth-order valence-corrected chi connectivity index (χ4v) is 1.40. The normalized spacial score (nSPS) is 10.3. The number of carbonyl (C=O) groups is 1. The molecule has 0 heterocycles. The second kappa shape index (κ2) is 7.68. The lowest BCUT2D eigenvalue weighted by Crippen LogP contribution is -2.25. The summed E-state index contributed by atoms with van der Waals surface area (Å²) in [7, 11) is 0. The average molecular weight is 253 g/mol. The van der Waals surface area contributed by atoms with E-state index in [0.717, 1.165) is 5.56 Å². The number of carbonyl (C=O) groups excluding carboxylic acids is 1. The summed E-state index contributed by atoms with van der Waals surface area (Å²) in [5, 5.41) is 20.7. The first-order valence-electron chi connectivity index (χ1n) is 5.91. The van der Waals surface area contributed by atoms with E-state index in [4.69, 9.17) is 9.84 Å². The monoisotopic (exact) mass is 253 g/mol. The van der Waals surface area contributed by atoms with E-state index in [1.165, 1.54) is 6.07 Å². The van der Waals surface area contributed by atoms with Crippen LogP contribution in [0.3, 0.4) is 0 Å². The molecule has 0 radical (unpaired) electrons. The molecule has 1 rings (SSSR count). The van der Waals surface area contributed by atoms with Gasteiger partial charge in [-0.1, -0.05) is 6.07 Å². The van der Waals surface area contributed by atoms with Crippen molar-refractivity contribution in [3.05, 3.63) is 29.3 Å². The van der Waals surface area contributed by atoms with Gasteiger partial charge in [-0.05, 0) is 31.0 Å². The van der Waals surface area contributed by atoms with Crippen molar-refractivity contribution in [3.8, 4) is 5.75 Å². The lowest BCUT2D eigenvalue weighted by molar-refractivity contribution is 0.0867. The molecule has 0 saturated carbocycles. The Hall–Kier alpha value is -1.59. The molecule has 0 aliphatic heterocycles. The van der Waals surface area contributed by atoms with E-state index >= 15 is 0 Å². The van der Waals surface area contributed by atoms with Gasteiger partial charge in [0.25, 0.3) is 5.91 Å². The summed E-state index contributed by atoms with van der Waals surface area (Å²) in [6.45, 7) is 3.10. The summed E-state index contributed by atoms with van der Waals surface area (Å²) in [6.07, 6.45) is 0.684. The number of aryl methyl sites for hydroxylation is 1. The average Bonchev–Trinajstić information content (AvgIpc) is 2.36. The third-order valence-electron chi connectivity index (χ3n) is 2.46. The van der Waals surface area contributed by atoms with Crippen molar-refractivity contribution in [2.45, 2.75) is 13.3 Å². The molecule has 0 aromatic heterocycles. The Morgan fingerprint density at radius 2 is 2.17 bits per heavy atom. The second-order valence-electron chi connectivity index (χ2n) is 3.95. The van der Waals surface area contributed by atoms with Gasteiger partial charge in [-0.25, -0.2) is 0 Å². The van der Waals surface area contributed by atoms with Crippen LogP contribution in [-0.2, 0) is 4.74 Å². The maximum atomic E-state index is 11.7. The highest BCUT2D eigenvalue weighted by molar-refractivity contribution is 5.94. The molecule has 1 aromatic carbocycles. The number of phenols is 1. The number of nitrogens with one attached hydrogen (secondary N) is 1. The molecule has 0 fully saturated rings. The first kappa shape index (κ1) is 14.5. The Morgan fingerprint density at radius 3 is 2.83 bits per heavy atom. The summed E-state index contributed by atoms with van der Waals surface area (Å²) in [6, 6.07) is 4.83. The Kier molecular flexibility index (Phi) is 6.18. The Balaban J connectivity index is 2.30. The van der Waals surface area contributed by atoms with Crippen molar-refractivity contribution in [1.82, 2.24) is 5.32 Å². The van der Waals surface area contributed by atoms with E-state index in [0.29, 0.717) is 31.7 Å². The third kappa shape index (κ3) is 4.73. The lowest BCUT2D eigenvalue weighted by Gasteiger charge is -2.07. The predicted octanol–water partition coefficient (Wildman–Crippen LogP) is 0.829. The molecule has 3 N–H and O–H groups in total. The highest BCUT2D eigenvalue weighted by atomic mass is 16.5. The molecule has 0 unspecified atom stereocenters. The molecule has 5 heteroatoms. The van der Waals surface area contributed by atoms with Gasteiger partial charge in [0.05, 0.1) is 13.2 Å². The molecular formula is C13H19NO4. The van der Waals surface area contributed by atoms with Gasteiger partial charge >= 0.3 is 0 Å². The van der Waals surface area contributed by atoms with Crippen LogP contribution in [-0.4, -0.2) is 42.5 Å².